The first-order valence-electron chi connectivity index (χ1n) is 10.1. The minimum atomic E-state index is -0.253. The summed E-state index contributed by atoms with van der Waals surface area (Å²) in [5, 5.41) is 13.5. The maximum absolute atomic E-state index is 12.3. The number of hydrogen-bond acceptors (Lipinski definition) is 4. The second-order valence-electron chi connectivity index (χ2n) is 7.83. The quantitative estimate of drug-likeness (QED) is 0.498. The molecule has 3 aromatic rings. The maximum Gasteiger partial charge on any atom is 0.223 e. The normalized spacial score (nSPS) is 14.5. The van der Waals surface area contributed by atoms with Gasteiger partial charge in [-0.3, -0.25) is 9.36 Å². The molecule has 1 saturated carbocycles. The summed E-state index contributed by atoms with van der Waals surface area (Å²) in [5.74, 6) is 1.73. The van der Waals surface area contributed by atoms with Crippen LogP contribution >= 0.6 is 23.4 Å². The summed E-state index contributed by atoms with van der Waals surface area (Å²) in [7, 11) is 0. The van der Waals surface area contributed by atoms with Crippen molar-refractivity contribution in [2.75, 3.05) is 0 Å². The Morgan fingerprint density at radius 2 is 1.97 bits per heavy atom. The molecule has 1 amide bonds. The smallest absolute Gasteiger partial charge is 0.223 e. The van der Waals surface area contributed by atoms with Crippen LogP contribution in [0.15, 0.2) is 47.6 Å². The van der Waals surface area contributed by atoms with Crippen LogP contribution in [0.3, 0.4) is 0 Å². The van der Waals surface area contributed by atoms with E-state index in [1.165, 1.54) is 11.1 Å². The summed E-state index contributed by atoms with van der Waals surface area (Å²) < 4.78 is 2.03. The molecular formula is C23H25ClN4OS. The van der Waals surface area contributed by atoms with Crippen molar-refractivity contribution < 1.29 is 4.79 Å². The third-order valence-corrected chi connectivity index (χ3v) is 6.60. The molecule has 4 rings (SSSR count). The average Bonchev–Trinajstić information content (AvgIpc) is 3.49. The molecule has 1 aromatic heterocycles. The average molecular weight is 441 g/mol. The van der Waals surface area contributed by atoms with Crippen molar-refractivity contribution in [2.24, 2.45) is 5.92 Å². The molecule has 0 aliphatic heterocycles. The van der Waals surface area contributed by atoms with Gasteiger partial charge in [-0.25, -0.2) is 0 Å². The zero-order valence-electron chi connectivity index (χ0n) is 17.4. The molecule has 0 bridgehead atoms. The predicted octanol–water partition coefficient (Wildman–Crippen LogP) is 5.42. The van der Waals surface area contributed by atoms with E-state index in [1.807, 2.05) is 42.7 Å². The van der Waals surface area contributed by atoms with Gasteiger partial charge in [-0.1, -0.05) is 53.7 Å². The zero-order chi connectivity index (χ0) is 21.3. The summed E-state index contributed by atoms with van der Waals surface area (Å²) in [6.07, 6.45) is 1.94. The Bertz CT molecular complexity index is 1080. The topological polar surface area (TPSA) is 59.8 Å². The summed E-state index contributed by atoms with van der Waals surface area (Å²) in [5.41, 5.74) is 4.51. The number of thioether (sulfide) groups is 1. The Kier molecular flexibility index (Phi) is 6.16. The monoisotopic (exact) mass is 440 g/mol. The van der Waals surface area contributed by atoms with Crippen molar-refractivity contribution >= 4 is 29.3 Å². The number of halogens is 1. The van der Waals surface area contributed by atoms with E-state index in [9.17, 15) is 4.79 Å². The molecule has 1 fully saturated rings. The van der Waals surface area contributed by atoms with E-state index in [1.54, 1.807) is 11.8 Å². The predicted molar refractivity (Wildman–Crippen MR) is 121 cm³/mol. The number of aryl methyl sites for hydroxylation is 2. The lowest BCUT2D eigenvalue weighted by Gasteiger charge is -2.18. The van der Waals surface area contributed by atoms with Gasteiger partial charge < -0.3 is 5.32 Å². The molecule has 2 aromatic carbocycles. The van der Waals surface area contributed by atoms with Crippen molar-refractivity contribution in [1.82, 2.24) is 20.1 Å². The first kappa shape index (κ1) is 20.9. The van der Waals surface area contributed by atoms with Crippen LogP contribution in [-0.4, -0.2) is 20.7 Å². The van der Waals surface area contributed by atoms with Gasteiger partial charge >= 0.3 is 0 Å². The van der Waals surface area contributed by atoms with Crippen molar-refractivity contribution in [2.45, 2.75) is 50.6 Å². The van der Waals surface area contributed by atoms with E-state index in [0.29, 0.717) is 10.8 Å². The lowest BCUT2D eigenvalue weighted by atomic mass is 10.1. The van der Waals surface area contributed by atoms with Crippen LogP contribution in [0.1, 0.15) is 48.3 Å². The van der Waals surface area contributed by atoms with Crippen LogP contribution in [0, 0.1) is 19.8 Å². The fraction of sp³-hybridized carbons (Fsp3) is 0.348. The van der Waals surface area contributed by atoms with E-state index in [-0.39, 0.29) is 17.9 Å². The highest BCUT2D eigenvalue weighted by molar-refractivity contribution is 7.98. The Hall–Kier alpha value is -2.31. The molecule has 0 radical (unpaired) electrons. The standard InChI is InChI=1S/C23H25ClN4OS/c1-14-6-4-5-7-18(14)13-30-23-27-26-21(16(3)25-22(29)17-9-10-17)28(23)20-12-19(24)11-8-15(20)2/h4-8,11-12,16-17H,9-10,13H2,1-3H3,(H,25,29). The number of aromatic nitrogens is 3. The van der Waals surface area contributed by atoms with Crippen LogP contribution in [0.4, 0.5) is 0 Å². The molecule has 1 N–H and O–H groups in total. The van der Waals surface area contributed by atoms with E-state index in [0.717, 1.165) is 35.0 Å². The van der Waals surface area contributed by atoms with Crippen LogP contribution in [0.25, 0.3) is 5.69 Å². The minimum Gasteiger partial charge on any atom is -0.346 e. The van der Waals surface area contributed by atoms with Gasteiger partial charge in [0.05, 0.1) is 11.7 Å². The lowest BCUT2D eigenvalue weighted by Crippen LogP contribution is -2.29. The van der Waals surface area contributed by atoms with Crippen LogP contribution in [0.2, 0.25) is 5.02 Å². The number of nitrogens with one attached hydrogen (secondary N) is 1. The Morgan fingerprint density at radius 3 is 2.70 bits per heavy atom. The highest BCUT2D eigenvalue weighted by Crippen LogP contribution is 2.32. The van der Waals surface area contributed by atoms with Crippen LogP contribution in [0.5, 0.6) is 0 Å². The maximum atomic E-state index is 12.3. The summed E-state index contributed by atoms with van der Waals surface area (Å²) >= 11 is 7.95. The third kappa shape index (κ3) is 4.55. The lowest BCUT2D eigenvalue weighted by molar-refractivity contribution is -0.123. The molecular weight excluding hydrogens is 416 g/mol. The molecule has 0 spiro atoms. The first-order chi connectivity index (χ1) is 14.4. The van der Waals surface area contributed by atoms with Gasteiger partial charge in [-0.05, 0) is 62.4 Å². The summed E-state index contributed by atoms with van der Waals surface area (Å²) in [4.78, 5) is 12.3. The fourth-order valence-corrected chi connectivity index (χ4v) is 4.56. The zero-order valence-corrected chi connectivity index (χ0v) is 18.9. The largest absolute Gasteiger partial charge is 0.346 e. The van der Waals surface area contributed by atoms with Gasteiger partial charge in [0.1, 0.15) is 0 Å². The van der Waals surface area contributed by atoms with Gasteiger partial charge in [-0.2, -0.15) is 0 Å². The molecule has 1 heterocycles. The molecule has 1 unspecified atom stereocenters. The van der Waals surface area contributed by atoms with Gasteiger partial charge in [0.15, 0.2) is 11.0 Å². The van der Waals surface area contributed by atoms with Crippen molar-refractivity contribution in [3.05, 3.63) is 70.0 Å². The van der Waals surface area contributed by atoms with Gasteiger partial charge in [0.2, 0.25) is 5.91 Å². The second-order valence-corrected chi connectivity index (χ2v) is 9.21. The van der Waals surface area contributed by atoms with Gasteiger partial charge in [-0.15, -0.1) is 10.2 Å². The summed E-state index contributed by atoms with van der Waals surface area (Å²) in [6, 6.07) is 13.9. The highest BCUT2D eigenvalue weighted by atomic mass is 35.5. The fourth-order valence-electron chi connectivity index (χ4n) is 3.36. The van der Waals surface area contributed by atoms with Crippen molar-refractivity contribution in [3.8, 4) is 5.69 Å². The molecule has 0 saturated heterocycles. The van der Waals surface area contributed by atoms with Crippen LogP contribution in [-0.2, 0) is 10.5 Å². The van der Waals surface area contributed by atoms with Gasteiger partial charge in [0, 0.05) is 16.7 Å². The van der Waals surface area contributed by atoms with Crippen LogP contribution < -0.4 is 5.32 Å². The molecule has 1 aliphatic carbocycles. The Balaban J connectivity index is 1.68. The number of carbonyl (C=O) groups excluding carboxylic acids is 1. The molecule has 1 atom stereocenters. The minimum absolute atomic E-state index is 0.0916. The Labute approximate surface area is 186 Å². The second kappa shape index (κ2) is 8.82. The number of hydrogen-bond donors (Lipinski definition) is 1. The molecule has 5 nitrogen and oxygen atoms in total. The molecule has 7 heteroatoms. The van der Waals surface area contributed by atoms with E-state index < -0.39 is 0 Å². The third-order valence-electron chi connectivity index (χ3n) is 5.38. The number of benzene rings is 2. The van der Waals surface area contributed by atoms with E-state index in [4.69, 9.17) is 11.6 Å². The number of carbonyl (C=O) groups is 1. The number of amides is 1. The Morgan fingerprint density at radius 1 is 1.20 bits per heavy atom. The molecule has 1 aliphatic rings. The van der Waals surface area contributed by atoms with E-state index in [2.05, 4.69) is 40.6 Å². The van der Waals surface area contributed by atoms with E-state index >= 15 is 0 Å². The SMILES string of the molecule is Cc1ccccc1CSc1nnc(C(C)NC(=O)C2CC2)n1-c1cc(Cl)ccc1C. The highest BCUT2D eigenvalue weighted by Gasteiger charge is 2.31. The first-order valence-corrected chi connectivity index (χ1v) is 11.5. The number of rotatable bonds is 7. The van der Waals surface area contributed by atoms with Gasteiger partial charge in [0.25, 0.3) is 0 Å². The number of nitrogens with zero attached hydrogens (tertiary/aromatic N) is 3. The van der Waals surface area contributed by atoms with Crippen molar-refractivity contribution in [3.63, 3.8) is 0 Å². The summed E-state index contributed by atoms with van der Waals surface area (Å²) in [6.45, 7) is 6.11. The van der Waals surface area contributed by atoms with Crippen molar-refractivity contribution in [1.29, 1.82) is 0 Å². The molecule has 30 heavy (non-hydrogen) atoms. The molecule has 156 valence electrons.